The molecule has 0 amide bonds. The number of fused-ring (bicyclic) bond motifs is 1. The molecule has 0 bridgehead atoms. The molecule has 1 unspecified atom stereocenters. The Hall–Kier alpha value is -1.73. The van der Waals surface area contributed by atoms with Crippen LogP contribution in [0.1, 0.15) is 17.2 Å². The van der Waals surface area contributed by atoms with Crippen LogP contribution in [0.2, 0.25) is 0 Å². The second-order valence-corrected chi connectivity index (χ2v) is 5.26. The summed E-state index contributed by atoms with van der Waals surface area (Å²) in [6, 6.07) is 4.72. The summed E-state index contributed by atoms with van der Waals surface area (Å²) < 4.78 is 50.8. The number of hydrogen-bond acceptors (Lipinski definition) is 3. The van der Waals surface area contributed by atoms with Gasteiger partial charge in [0.05, 0.1) is 4.47 Å². The van der Waals surface area contributed by atoms with Gasteiger partial charge in [-0.05, 0) is 39.7 Å². The second kappa shape index (κ2) is 5.23. The zero-order valence-corrected chi connectivity index (χ0v) is 12.0. The van der Waals surface area contributed by atoms with Crippen LogP contribution in [0.4, 0.5) is 13.2 Å². The minimum Gasteiger partial charge on any atom is -0.454 e. The van der Waals surface area contributed by atoms with Gasteiger partial charge in [-0.3, -0.25) is 0 Å². The van der Waals surface area contributed by atoms with E-state index in [-0.39, 0.29) is 17.9 Å². The van der Waals surface area contributed by atoms with Gasteiger partial charge in [-0.15, -0.1) is 0 Å². The molecule has 1 N–H and O–H groups in total. The lowest BCUT2D eigenvalue weighted by Gasteiger charge is -2.14. The van der Waals surface area contributed by atoms with Crippen molar-refractivity contribution >= 4 is 15.9 Å². The van der Waals surface area contributed by atoms with Crippen LogP contribution < -0.4 is 9.47 Å². The molecule has 3 nitrogen and oxygen atoms in total. The summed E-state index contributed by atoms with van der Waals surface area (Å²) in [7, 11) is 0. The van der Waals surface area contributed by atoms with E-state index in [2.05, 4.69) is 15.9 Å². The van der Waals surface area contributed by atoms with E-state index in [0.29, 0.717) is 16.0 Å². The zero-order chi connectivity index (χ0) is 15.1. The lowest BCUT2D eigenvalue weighted by atomic mass is 10.0. The molecule has 110 valence electrons. The van der Waals surface area contributed by atoms with Crippen LogP contribution >= 0.6 is 15.9 Å². The molecule has 0 radical (unpaired) electrons. The Kier molecular flexibility index (Phi) is 3.54. The van der Waals surface area contributed by atoms with Gasteiger partial charge in [-0.25, -0.2) is 13.2 Å². The normalized spacial score (nSPS) is 14.3. The Morgan fingerprint density at radius 2 is 1.86 bits per heavy atom. The summed E-state index contributed by atoms with van der Waals surface area (Å²) in [5.41, 5.74) is -0.101. The first-order valence-corrected chi connectivity index (χ1v) is 6.69. The third-order valence-corrected chi connectivity index (χ3v) is 3.71. The fourth-order valence-electron chi connectivity index (χ4n) is 2.08. The Morgan fingerprint density at radius 3 is 2.62 bits per heavy atom. The van der Waals surface area contributed by atoms with Gasteiger partial charge in [0.15, 0.2) is 29.0 Å². The Bertz CT molecular complexity index is 721. The topological polar surface area (TPSA) is 38.7 Å². The third kappa shape index (κ3) is 2.36. The largest absolute Gasteiger partial charge is 0.454 e. The van der Waals surface area contributed by atoms with Gasteiger partial charge in [0.2, 0.25) is 6.79 Å². The van der Waals surface area contributed by atoms with E-state index in [0.717, 1.165) is 12.1 Å². The van der Waals surface area contributed by atoms with E-state index in [9.17, 15) is 18.3 Å². The van der Waals surface area contributed by atoms with E-state index >= 15 is 0 Å². The van der Waals surface area contributed by atoms with Gasteiger partial charge < -0.3 is 14.6 Å². The third-order valence-electron chi connectivity index (χ3n) is 3.12. The van der Waals surface area contributed by atoms with Crippen molar-refractivity contribution in [3.05, 3.63) is 57.3 Å². The maximum atomic E-state index is 13.7. The molecule has 2 aromatic rings. The lowest BCUT2D eigenvalue weighted by molar-refractivity contribution is 0.173. The number of aliphatic hydroxyl groups is 1. The minimum absolute atomic E-state index is 0.0347. The highest BCUT2D eigenvalue weighted by Gasteiger charge is 2.24. The molecule has 0 aliphatic carbocycles. The maximum Gasteiger partial charge on any atom is 0.231 e. The molecule has 7 heteroatoms. The summed E-state index contributed by atoms with van der Waals surface area (Å²) in [5.74, 6) is -3.50. The number of rotatable bonds is 2. The van der Waals surface area contributed by atoms with Crippen molar-refractivity contribution in [1.82, 2.24) is 0 Å². The molecule has 21 heavy (non-hydrogen) atoms. The van der Waals surface area contributed by atoms with Crippen molar-refractivity contribution in [2.24, 2.45) is 0 Å². The van der Waals surface area contributed by atoms with Crippen molar-refractivity contribution in [3.63, 3.8) is 0 Å². The molecule has 1 heterocycles. The average molecular weight is 361 g/mol. The molecule has 2 aromatic carbocycles. The molecule has 3 rings (SSSR count). The number of benzene rings is 2. The predicted octanol–water partition coefficient (Wildman–Crippen LogP) is 3.68. The van der Waals surface area contributed by atoms with Gasteiger partial charge in [-0.2, -0.15) is 0 Å². The Morgan fingerprint density at radius 1 is 1.10 bits per heavy atom. The van der Waals surface area contributed by atoms with Crippen LogP contribution in [0.5, 0.6) is 11.5 Å². The minimum atomic E-state index is -1.62. The number of hydrogen-bond donors (Lipinski definition) is 1. The smallest absolute Gasteiger partial charge is 0.231 e. The van der Waals surface area contributed by atoms with Gasteiger partial charge in [-0.1, -0.05) is 6.07 Å². The lowest BCUT2D eigenvalue weighted by Crippen LogP contribution is -2.06. The van der Waals surface area contributed by atoms with E-state index in [1.165, 1.54) is 12.1 Å². The molecule has 0 aromatic heterocycles. The first-order valence-electron chi connectivity index (χ1n) is 5.89. The summed E-state index contributed by atoms with van der Waals surface area (Å²) in [4.78, 5) is 0. The van der Waals surface area contributed by atoms with Gasteiger partial charge >= 0.3 is 0 Å². The van der Waals surface area contributed by atoms with E-state index in [1.807, 2.05) is 0 Å². The van der Waals surface area contributed by atoms with Crippen molar-refractivity contribution in [1.29, 1.82) is 0 Å². The van der Waals surface area contributed by atoms with Gasteiger partial charge in [0.1, 0.15) is 6.10 Å². The van der Waals surface area contributed by atoms with Crippen molar-refractivity contribution < 1.29 is 27.8 Å². The molecule has 0 fully saturated rings. The number of ether oxygens (including phenoxy) is 2. The quantitative estimate of drug-likeness (QED) is 0.830. The van der Waals surface area contributed by atoms with E-state index < -0.39 is 23.6 Å². The predicted molar refractivity (Wildman–Crippen MR) is 70.6 cm³/mol. The van der Waals surface area contributed by atoms with Gasteiger partial charge in [0.25, 0.3) is 0 Å². The SMILES string of the molecule is OC(c1cc(Br)c2c(c1)OCO2)c1ccc(F)c(F)c1F. The average Bonchev–Trinajstić information content (AvgIpc) is 2.93. The van der Waals surface area contributed by atoms with Crippen molar-refractivity contribution in [3.8, 4) is 11.5 Å². The van der Waals surface area contributed by atoms with Crippen LogP contribution in [0.3, 0.4) is 0 Å². The first-order chi connectivity index (χ1) is 9.99. The summed E-state index contributed by atoms with van der Waals surface area (Å²) in [6.45, 7) is 0.0347. The molecular weight excluding hydrogens is 353 g/mol. The van der Waals surface area contributed by atoms with Crippen LogP contribution in [-0.4, -0.2) is 11.9 Å². The number of halogens is 4. The van der Waals surface area contributed by atoms with Crippen molar-refractivity contribution in [2.45, 2.75) is 6.10 Å². The summed E-state index contributed by atoms with van der Waals surface area (Å²) >= 11 is 3.24. The molecule has 1 atom stereocenters. The number of aliphatic hydroxyl groups excluding tert-OH is 1. The van der Waals surface area contributed by atoms with E-state index in [1.54, 1.807) is 0 Å². The van der Waals surface area contributed by atoms with Crippen LogP contribution in [-0.2, 0) is 0 Å². The Labute approximate surface area is 126 Å². The standard InChI is InChI=1S/C14H8BrF3O3/c15-8-3-6(4-10-14(8)21-5-20-10)13(19)7-1-2-9(16)12(18)11(7)17/h1-4,13,19H,5H2. The maximum absolute atomic E-state index is 13.7. The molecule has 1 aliphatic rings. The molecule has 0 spiro atoms. The van der Waals surface area contributed by atoms with Crippen LogP contribution in [0.15, 0.2) is 28.7 Å². The second-order valence-electron chi connectivity index (χ2n) is 4.40. The monoisotopic (exact) mass is 360 g/mol. The fourth-order valence-corrected chi connectivity index (χ4v) is 2.65. The van der Waals surface area contributed by atoms with Gasteiger partial charge in [0, 0.05) is 5.56 Å². The van der Waals surface area contributed by atoms with Crippen LogP contribution in [0, 0.1) is 17.5 Å². The van der Waals surface area contributed by atoms with Crippen LogP contribution in [0.25, 0.3) is 0 Å². The Balaban J connectivity index is 2.05. The highest BCUT2D eigenvalue weighted by atomic mass is 79.9. The highest BCUT2D eigenvalue weighted by molar-refractivity contribution is 9.10. The molecule has 0 saturated carbocycles. The highest BCUT2D eigenvalue weighted by Crippen LogP contribution is 2.42. The molecular formula is C14H8BrF3O3. The first kappa shape index (κ1) is 14.2. The molecule has 0 saturated heterocycles. The summed E-state index contributed by atoms with van der Waals surface area (Å²) in [5, 5.41) is 10.2. The van der Waals surface area contributed by atoms with E-state index in [4.69, 9.17) is 9.47 Å². The fraction of sp³-hybridized carbons (Fsp3) is 0.143. The zero-order valence-electron chi connectivity index (χ0n) is 10.4. The van der Waals surface area contributed by atoms with Crippen molar-refractivity contribution in [2.75, 3.05) is 6.79 Å². The molecule has 1 aliphatic heterocycles. The summed E-state index contributed by atoms with van der Waals surface area (Å²) in [6.07, 6.45) is -1.47.